The smallest absolute Gasteiger partial charge is 0.336 e. The maximum Gasteiger partial charge on any atom is 0.336 e. The molecule has 2 rings (SSSR count). The van der Waals surface area contributed by atoms with Gasteiger partial charge in [-0.2, -0.15) is 0 Å². The van der Waals surface area contributed by atoms with E-state index in [0.29, 0.717) is 11.1 Å². The third kappa shape index (κ3) is 1.12. The van der Waals surface area contributed by atoms with Crippen molar-refractivity contribution >= 4 is 11.8 Å². The largest absolute Gasteiger partial charge is 0.478 e. The zero-order chi connectivity index (χ0) is 10.3. The van der Waals surface area contributed by atoms with E-state index in [-0.39, 0.29) is 17.8 Å². The SMILES string of the molecule is NC1CC(=O)c2cccc(C(=O)O)c21. The van der Waals surface area contributed by atoms with E-state index in [9.17, 15) is 9.59 Å². The summed E-state index contributed by atoms with van der Waals surface area (Å²) in [7, 11) is 0. The molecule has 1 aliphatic carbocycles. The molecule has 4 nitrogen and oxygen atoms in total. The van der Waals surface area contributed by atoms with Crippen LogP contribution in [0, 0.1) is 0 Å². The van der Waals surface area contributed by atoms with Gasteiger partial charge in [-0.3, -0.25) is 4.79 Å². The Labute approximate surface area is 80.3 Å². The van der Waals surface area contributed by atoms with Gasteiger partial charge in [-0.15, -0.1) is 0 Å². The van der Waals surface area contributed by atoms with Gasteiger partial charge in [0.2, 0.25) is 0 Å². The number of carbonyl (C=O) groups is 2. The molecule has 0 bridgehead atoms. The molecule has 0 amide bonds. The van der Waals surface area contributed by atoms with Crippen LogP contribution in [0.4, 0.5) is 0 Å². The van der Waals surface area contributed by atoms with Crippen molar-refractivity contribution in [2.45, 2.75) is 12.5 Å². The number of carbonyl (C=O) groups excluding carboxylic acids is 1. The lowest BCUT2D eigenvalue weighted by Crippen LogP contribution is -2.11. The predicted octanol–water partition coefficient (Wildman–Crippen LogP) is 0.971. The van der Waals surface area contributed by atoms with Crippen LogP contribution < -0.4 is 5.73 Å². The number of rotatable bonds is 1. The Hall–Kier alpha value is -1.68. The zero-order valence-corrected chi connectivity index (χ0v) is 7.36. The standard InChI is InChI=1S/C10H9NO3/c11-7-4-8(12)5-2-1-3-6(9(5)7)10(13)14/h1-3,7H,4,11H2,(H,13,14). The summed E-state index contributed by atoms with van der Waals surface area (Å²) in [5, 5.41) is 8.89. The molecule has 1 aliphatic rings. The van der Waals surface area contributed by atoms with Crippen LogP contribution in [-0.4, -0.2) is 16.9 Å². The van der Waals surface area contributed by atoms with E-state index < -0.39 is 12.0 Å². The van der Waals surface area contributed by atoms with Crippen LogP contribution in [0.2, 0.25) is 0 Å². The summed E-state index contributed by atoms with van der Waals surface area (Å²) in [5.74, 6) is -1.11. The van der Waals surface area contributed by atoms with Crippen molar-refractivity contribution in [3.05, 3.63) is 34.9 Å². The maximum atomic E-state index is 11.4. The molecule has 72 valence electrons. The lowest BCUT2D eigenvalue weighted by Gasteiger charge is -2.06. The van der Waals surface area contributed by atoms with Crippen molar-refractivity contribution in [3.8, 4) is 0 Å². The topological polar surface area (TPSA) is 80.4 Å². The Morgan fingerprint density at radius 2 is 2.21 bits per heavy atom. The maximum absolute atomic E-state index is 11.4. The fraction of sp³-hybridized carbons (Fsp3) is 0.200. The Balaban J connectivity index is 2.68. The molecule has 0 aliphatic heterocycles. The van der Waals surface area contributed by atoms with Crippen LogP contribution in [0.15, 0.2) is 18.2 Å². The molecule has 1 unspecified atom stereocenters. The van der Waals surface area contributed by atoms with Crippen LogP contribution in [0.3, 0.4) is 0 Å². The van der Waals surface area contributed by atoms with E-state index in [1.807, 2.05) is 0 Å². The lowest BCUT2D eigenvalue weighted by molar-refractivity contribution is 0.0695. The van der Waals surface area contributed by atoms with Gasteiger partial charge in [0, 0.05) is 18.0 Å². The highest BCUT2D eigenvalue weighted by Gasteiger charge is 2.30. The second-order valence-corrected chi connectivity index (χ2v) is 3.31. The molecule has 0 spiro atoms. The van der Waals surface area contributed by atoms with E-state index in [2.05, 4.69) is 0 Å². The lowest BCUT2D eigenvalue weighted by atomic mass is 10.0. The fourth-order valence-corrected chi connectivity index (χ4v) is 1.81. The van der Waals surface area contributed by atoms with Crippen molar-refractivity contribution in [2.75, 3.05) is 0 Å². The number of nitrogens with two attached hydrogens (primary N) is 1. The highest BCUT2D eigenvalue weighted by atomic mass is 16.4. The highest BCUT2D eigenvalue weighted by molar-refractivity contribution is 6.04. The van der Waals surface area contributed by atoms with E-state index in [1.54, 1.807) is 12.1 Å². The van der Waals surface area contributed by atoms with Crippen molar-refractivity contribution in [1.82, 2.24) is 0 Å². The van der Waals surface area contributed by atoms with Gasteiger partial charge in [0.25, 0.3) is 0 Å². The molecule has 0 heterocycles. The van der Waals surface area contributed by atoms with E-state index in [0.717, 1.165) is 0 Å². The van der Waals surface area contributed by atoms with Crippen molar-refractivity contribution in [2.24, 2.45) is 5.73 Å². The minimum atomic E-state index is -1.04. The summed E-state index contributed by atoms with van der Waals surface area (Å²) in [6.07, 6.45) is 0.208. The molecule has 1 atom stereocenters. The fourth-order valence-electron chi connectivity index (χ4n) is 1.81. The molecule has 0 radical (unpaired) electrons. The number of aromatic carboxylic acids is 1. The van der Waals surface area contributed by atoms with Gasteiger partial charge in [0.15, 0.2) is 5.78 Å². The quantitative estimate of drug-likeness (QED) is 0.693. The molecular weight excluding hydrogens is 182 g/mol. The monoisotopic (exact) mass is 191 g/mol. The van der Waals surface area contributed by atoms with Gasteiger partial charge < -0.3 is 10.8 Å². The first kappa shape index (κ1) is 8.90. The molecule has 0 fully saturated rings. The number of fused-ring (bicyclic) bond motifs is 1. The summed E-state index contributed by atoms with van der Waals surface area (Å²) >= 11 is 0. The Morgan fingerprint density at radius 3 is 2.86 bits per heavy atom. The van der Waals surface area contributed by atoms with Gasteiger partial charge in [0.1, 0.15) is 0 Å². The molecule has 4 heteroatoms. The molecule has 1 aromatic carbocycles. The number of hydrogen-bond acceptors (Lipinski definition) is 3. The van der Waals surface area contributed by atoms with E-state index >= 15 is 0 Å². The van der Waals surface area contributed by atoms with Gasteiger partial charge in [0.05, 0.1) is 5.56 Å². The Bertz CT molecular complexity index is 425. The first-order chi connectivity index (χ1) is 6.61. The van der Waals surface area contributed by atoms with Crippen molar-refractivity contribution in [1.29, 1.82) is 0 Å². The average Bonchev–Trinajstić information content (AvgIpc) is 2.43. The third-order valence-electron chi connectivity index (χ3n) is 2.41. The number of carboxylic acid groups (broad SMARTS) is 1. The number of carboxylic acids is 1. The number of Topliss-reactive ketones (excluding diaryl/α,β-unsaturated/α-hetero) is 1. The third-order valence-corrected chi connectivity index (χ3v) is 2.41. The van der Waals surface area contributed by atoms with Crippen LogP contribution in [-0.2, 0) is 0 Å². The minimum absolute atomic E-state index is 0.0735. The predicted molar refractivity (Wildman–Crippen MR) is 49.3 cm³/mol. The summed E-state index contributed by atoms with van der Waals surface area (Å²) in [6.45, 7) is 0. The minimum Gasteiger partial charge on any atom is -0.478 e. The number of benzene rings is 1. The first-order valence-corrected chi connectivity index (χ1v) is 4.26. The normalized spacial score (nSPS) is 19.5. The van der Waals surface area contributed by atoms with Crippen LogP contribution in [0.5, 0.6) is 0 Å². The molecule has 3 N–H and O–H groups in total. The summed E-state index contributed by atoms with van der Waals surface area (Å²) in [4.78, 5) is 22.2. The number of hydrogen-bond donors (Lipinski definition) is 2. The van der Waals surface area contributed by atoms with Crippen molar-refractivity contribution < 1.29 is 14.7 Å². The second kappa shape index (κ2) is 2.92. The summed E-state index contributed by atoms with van der Waals surface area (Å²) < 4.78 is 0. The van der Waals surface area contributed by atoms with E-state index in [1.165, 1.54) is 6.07 Å². The summed E-state index contributed by atoms with van der Waals surface area (Å²) in [6, 6.07) is 4.19. The molecular formula is C10H9NO3. The molecule has 14 heavy (non-hydrogen) atoms. The second-order valence-electron chi connectivity index (χ2n) is 3.31. The first-order valence-electron chi connectivity index (χ1n) is 4.26. The highest BCUT2D eigenvalue weighted by Crippen LogP contribution is 2.31. The van der Waals surface area contributed by atoms with Crippen molar-refractivity contribution in [3.63, 3.8) is 0 Å². The summed E-state index contributed by atoms with van der Waals surface area (Å²) in [5.41, 5.74) is 6.76. The van der Waals surface area contributed by atoms with Gasteiger partial charge in [-0.1, -0.05) is 12.1 Å². The van der Waals surface area contributed by atoms with Crippen LogP contribution in [0.25, 0.3) is 0 Å². The van der Waals surface area contributed by atoms with E-state index in [4.69, 9.17) is 10.8 Å². The number of ketones is 1. The van der Waals surface area contributed by atoms with Crippen LogP contribution >= 0.6 is 0 Å². The molecule has 0 saturated heterocycles. The average molecular weight is 191 g/mol. The zero-order valence-electron chi connectivity index (χ0n) is 7.36. The van der Waals surface area contributed by atoms with Crippen LogP contribution in [0.1, 0.15) is 38.7 Å². The van der Waals surface area contributed by atoms with Gasteiger partial charge in [-0.05, 0) is 11.6 Å². The van der Waals surface area contributed by atoms with Gasteiger partial charge >= 0.3 is 5.97 Å². The molecule has 0 saturated carbocycles. The molecule has 1 aromatic rings. The Morgan fingerprint density at radius 1 is 1.50 bits per heavy atom. The van der Waals surface area contributed by atoms with Gasteiger partial charge in [-0.25, -0.2) is 4.79 Å². The molecule has 0 aromatic heterocycles. The Kier molecular flexibility index (Phi) is 1.86.